The van der Waals surface area contributed by atoms with Crippen LogP contribution in [0.2, 0.25) is 29.6 Å². The number of aromatic nitrogens is 2. The maximum atomic E-state index is 5.14. The molecule has 0 unspecified atom stereocenters. The van der Waals surface area contributed by atoms with Gasteiger partial charge in [0.25, 0.3) is 0 Å². The van der Waals surface area contributed by atoms with Crippen molar-refractivity contribution in [3.63, 3.8) is 0 Å². The first-order chi connectivity index (χ1) is 12.1. The van der Waals surface area contributed by atoms with E-state index in [4.69, 9.17) is 9.97 Å². The Bertz CT molecular complexity index is 659. The van der Waals surface area contributed by atoms with Crippen molar-refractivity contribution in [2.45, 2.75) is 82.0 Å². The summed E-state index contributed by atoms with van der Waals surface area (Å²) in [5, 5.41) is 2.42. The predicted octanol–water partition coefficient (Wildman–Crippen LogP) is 6.04. The SMILES string of the molecule is CCCCc1nc(-c2nc(CCCC)[c]([Sn]([CH3])([CH3])[CH3])s2)s[c]1[Sn]([CH3])([CH3])[CH3]. The van der Waals surface area contributed by atoms with Crippen LogP contribution in [0.4, 0.5) is 0 Å². The van der Waals surface area contributed by atoms with E-state index in [1.54, 1.807) is 5.79 Å². The number of aryl methyl sites for hydroxylation is 2. The second-order valence-electron chi connectivity index (χ2n) is 9.30. The molecule has 0 spiro atoms. The standard InChI is InChI=1S/C14H18N2S2.6CH3.2Sn/c1-3-5-7-11-9-17-13(15-11)14-16-12(10-18-14)8-6-4-2;;;;;;;;/h3-8H2,1-2H3;6*1H3;;. The first kappa shape index (κ1) is 23.1. The molecule has 0 N–H and O–H groups in total. The zero-order valence-electron chi connectivity index (χ0n) is 18.0. The number of nitrogens with zero attached hydrogens (tertiary/aromatic N) is 2. The van der Waals surface area contributed by atoms with E-state index in [2.05, 4.69) is 43.5 Å². The molecule has 146 valence electrons. The van der Waals surface area contributed by atoms with Gasteiger partial charge in [-0.1, -0.05) is 0 Å². The Hall–Kier alpha value is 0.857. The number of hydrogen-bond acceptors (Lipinski definition) is 4. The molecule has 0 bridgehead atoms. The van der Waals surface area contributed by atoms with Crippen LogP contribution in [0.5, 0.6) is 0 Å². The number of unbranched alkanes of at least 4 members (excludes halogenated alkanes) is 2. The summed E-state index contributed by atoms with van der Waals surface area (Å²) in [6.07, 6.45) is 7.29. The molecule has 0 atom stereocenters. The Balaban J connectivity index is 2.47. The minimum atomic E-state index is -2.14. The van der Waals surface area contributed by atoms with Crippen LogP contribution < -0.4 is 5.79 Å². The molecule has 26 heavy (non-hydrogen) atoms. The Kier molecular flexibility index (Phi) is 8.52. The van der Waals surface area contributed by atoms with E-state index in [0.29, 0.717) is 0 Å². The van der Waals surface area contributed by atoms with Crippen molar-refractivity contribution in [1.29, 1.82) is 0 Å². The molecule has 0 radical (unpaired) electrons. The van der Waals surface area contributed by atoms with E-state index in [1.165, 1.54) is 47.1 Å². The van der Waals surface area contributed by atoms with Gasteiger partial charge in [0.1, 0.15) is 0 Å². The van der Waals surface area contributed by atoms with Crippen LogP contribution in [0.1, 0.15) is 50.9 Å². The van der Waals surface area contributed by atoms with Crippen molar-refractivity contribution in [3.8, 4) is 10.0 Å². The van der Waals surface area contributed by atoms with Crippen LogP contribution in [-0.4, -0.2) is 46.7 Å². The van der Waals surface area contributed by atoms with Gasteiger partial charge in [0.15, 0.2) is 0 Å². The number of hydrogen-bond donors (Lipinski definition) is 0. The summed E-state index contributed by atoms with van der Waals surface area (Å²) in [6, 6.07) is 0. The van der Waals surface area contributed by atoms with Gasteiger partial charge >= 0.3 is 179 Å². The predicted molar refractivity (Wildman–Crippen MR) is 126 cm³/mol. The van der Waals surface area contributed by atoms with Crippen molar-refractivity contribution in [2.24, 2.45) is 0 Å². The van der Waals surface area contributed by atoms with E-state index in [1.807, 2.05) is 22.7 Å². The summed E-state index contributed by atoms with van der Waals surface area (Å²) in [4.78, 5) is 25.4. The molecule has 2 aromatic rings. The third-order valence-corrected chi connectivity index (χ3v) is 25.8. The van der Waals surface area contributed by atoms with E-state index < -0.39 is 36.8 Å². The Labute approximate surface area is 177 Å². The van der Waals surface area contributed by atoms with Gasteiger partial charge in [0.2, 0.25) is 0 Å². The zero-order valence-corrected chi connectivity index (χ0v) is 25.3. The average Bonchev–Trinajstić information content (AvgIpc) is 3.14. The van der Waals surface area contributed by atoms with Crippen LogP contribution in [0.3, 0.4) is 0 Å². The van der Waals surface area contributed by atoms with Crippen LogP contribution in [-0.2, 0) is 12.8 Å². The maximum absolute atomic E-state index is 5.14. The molecule has 6 heteroatoms. The van der Waals surface area contributed by atoms with E-state index in [0.717, 1.165) is 12.8 Å². The third-order valence-electron chi connectivity index (χ3n) is 4.47. The van der Waals surface area contributed by atoms with Gasteiger partial charge in [-0.05, 0) is 0 Å². The molecule has 2 aromatic heterocycles. The van der Waals surface area contributed by atoms with E-state index in [9.17, 15) is 0 Å². The second-order valence-corrected chi connectivity index (χ2v) is 41.9. The van der Waals surface area contributed by atoms with Gasteiger partial charge in [-0.2, -0.15) is 0 Å². The summed E-state index contributed by atoms with van der Waals surface area (Å²) >= 11 is -0.312. The van der Waals surface area contributed by atoms with Gasteiger partial charge in [-0.15, -0.1) is 0 Å². The summed E-state index contributed by atoms with van der Waals surface area (Å²) in [6.45, 7) is 4.55. The fraction of sp³-hybridized carbons (Fsp3) is 0.700. The van der Waals surface area contributed by atoms with Crippen LogP contribution in [0.15, 0.2) is 0 Å². The summed E-state index contributed by atoms with van der Waals surface area (Å²) in [5.41, 5.74) is 2.81. The van der Waals surface area contributed by atoms with Crippen molar-refractivity contribution in [1.82, 2.24) is 9.97 Å². The normalized spacial score (nSPS) is 12.8. The van der Waals surface area contributed by atoms with Gasteiger partial charge < -0.3 is 0 Å². The monoisotopic (exact) mass is 608 g/mol. The van der Waals surface area contributed by atoms with Crippen LogP contribution in [0, 0.1) is 0 Å². The Morgan fingerprint density at radius 2 is 1.00 bits per heavy atom. The van der Waals surface area contributed by atoms with Gasteiger partial charge in [0, 0.05) is 0 Å². The molecule has 0 fully saturated rings. The molecule has 2 nitrogen and oxygen atoms in total. The summed E-state index contributed by atoms with van der Waals surface area (Å²) in [5.74, 6) is 0. The third kappa shape index (κ3) is 5.93. The molecule has 0 amide bonds. The molecular weight excluding hydrogens is 570 g/mol. The van der Waals surface area contributed by atoms with E-state index >= 15 is 0 Å². The molecule has 0 aliphatic heterocycles. The fourth-order valence-electron chi connectivity index (χ4n) is 3.09. The van der Waals surface area contributed by atoms with Crippen molar-refractivity contribution in [3.05, 3.63) is 11.4 Å². The molecule has 2 heterocycles. The van der Waals surface area contributed by atoms with Crippen molar-refractivity contribution in [2.75, 3.05) is 0 Å². The Morgan fingerprint density at radius 3 is 1.27 bits per heavy atom. The molecule has 0 aromatic carbocycles. The molecule has 2 rings (SSSR count). The minimum absolute atomic E-state index is 1.15. The van der Waals surface area contributed by atoms with Crippen LogP contribution >= 0.6 is 22.7 Å². The molecule has 0 saturated heterocycles. The zero-order chi connectivity index (χ0) is 19.5. The van der Waals surface area contributed by atoms with Crippen molar-refractivity contribution < 1.29 is 0 Å². The van der Waals surface area contributed by atoms with E-state index in [-0.39, 0.29) is 0 Å². The molecular formula is C20H36N2S2Sn2. The molecule has 0 aliphatic carbocycles. The van der Waals surface area contributed by atoms with Crippen molar-refractivity contribution >= 4 is 65.2 Å². The molecule has 0 aliphatic rings. The Morgan fingerprint density at radius 1 is 0.654 bits per heavy atom. The number of thiazole rings is 2. The topological polar surface area (TPSA) is 25.8 Å². The fourth-order valence-corrected chi connectivity index (χ4v) is 18.3. The average molecular weight is 606 g/mol. The summed E-state index contributed by atoms with van der Waals surface area (Å²) < 4.78 is 3.32. The first-order valence-corrected chi connectivity index (χ1v) is 31.7. The summed E-state index contributed by atoms with van der Waals surface area (Å²) in [7, 11) is 0. The van der Waals surface area contributed by atoms with Gasteiger partial charge in [-0.25, -0.2) is 0 Å². The second kappa shape index (κ2) is 9.57. The van der Waals surface area contributed by atoms with Gasteiger partial charge in [-0.3, -0.25) is 0 Å². The first-order valence-electron chi connectivity index (χ1n) is 10.1. The van der Waals surface area contributed by atoms with Gasteiger partial charge in [0.05, 0.1) is 0 Å². The number of rotatable bonds is 9. The quantitative estimate of drug-likeness (QED) is 0.326. The molecule has 0 saturated carbocycles. The van der Waals surface area contributed by atoms with Crippen LogP contribution in [0.25, 0.3) is 10.0 Å².